The van der Waals surface area contributed by atoms with Crippen molar-refractivity contribution in [3.63, 3.8) is 0 Å². The van der Waals surface area contributed by atoms with Crippen LogP contribution in [0.1, 0.15) is 12.8 Å². The van der Waals surface area contributed by atoms with Crippen LogP contribution in [0.3, 0.4) is 0 Å². The summed E-state index contributed by atoms with van der Waals surface area (Å²) in [6, 6.07) is 7.52. The van der Waals surface area contributed by atoms with E-state index in [0.717, 1.165) is 12.1 Å². The maximum atomic E-state index is 10.4. The summed E-state index contributed by atoms with van der Waals surface area (Å²) >= 11 is 0. The lowest BCUT2D eigenvalue weighted by Crippen LogP contribution is -2.13. The number of carbonyl (C=O) groups is 1. The molecule has 1 aromatic carbocycles. The predicted octanol–water partition coefficient (Wildman–Crippen LogP) is 0.946. The molecule has 14 heavy (non-hydrogen) atoms. The van der Waals surface area contributed by atoms with Gasteiger partial charge in [-0.15, -0.1) is 0 Å². The second-order valence-electron chi connectivity index (χ2n) is 3.08. The fraction of sp³-hybridized carbons (Fsp3) is 0.300. The smallest absolute Gasteiger partial charge is 0.217 e. The highest BCUT2D eigenvalue weighted by atomic mass is 16.1. The highest BCUT2D eigenvalue weighted by Crippen LogP contribution is 2.16. The average molecular weight is 193 g/mol. The molecule has 0 fully saturated rings. The van der Waals surface area contributed by atoms with Gasteiger partial charge in [-0.3, -0.25) is 4.79 Å². The maximum absolute atomic E-state index is 10.4. The van der Waals surface area contributed by atoms with Gasteiger partial charge in [0.2, 0.25) is 5.91 Å². The second-order valence-corrected chi connectivity index (χ2v) is 3.08. The Hall–Kier alpha value is -1.71. The van der Waals surface area contributed by atoms with Gasteiger partial charge in [0.25, 0.3) is 0 Å². The van der Waals surface area contributed by atoms with Crippen molar-refractivity contribution in [3.8, 4) is 0 Å². The molecule has 1 aromatic rings. The number of rotatable bonds is 5. The largest absolute Gasteiger partial charge is 0.397 e. The van der Waals surface area contributed by atoms with E-state index in [9.17, 15) is 4.79 Å². The van der Waals surface area contributed by atoms with Crippen molar-refractivity contribution in [2.45, 2.75) is 12.8 Å². The molecule has 0 radical (unpaired) electrons. The van der Waals surface area contributed by atoms with Gasteiger partial charge in [-0.2, -0.15) is 0 Å². The third-order valence-corrected chi connectivity index (χ3v) is 1.88. The molecule has 5 N–H and O–H groups in total. The van der Waals surface area contributed by atoms with Gasteiger partial charge in [-0.1, -0.05) is 12.1 Å². The van der Waals surface area contributed by atoms with Gasteiger partial charge in [-0.05, 0) is 18.6 Å². The maximum Gasteiger partial charge on any atom is 0.217 e. The average Bonchev–Trinajstić information content (AvgIpc) is 2.15. The van der Waals surface area contributed by atoms with E-state index in [2.05, 4.69) is 5.32 Å². The third kappa shape index (κ3) is 3.35. The third-order valence-electron chi connectivity index (χ3n) is 1.88. The van der Waals surface area contributed by atoms with Crippen LogP contribution < -0.4 is 16.8 Å². The zero-order chi connectivity index (χ0) is 10.4. The van der Waals surface area contributed by atoms with Gasteiger partial charge in [0.05, 0.1) is 11.4 Å². The monoisotopic (exact) mass is 193 g/mol. The lowest BCUT2D eigenvalue weighted by atomic mass is 10.2. The molecule has 0 atom stereocenters. The summed E-state index contributed by atoms with van der Waals surface area (Å²) in [5, 5.41) is 3.14. The summed E-state index contributed by atoms with van der Waals surface area (Å²) in [4.78, 5) is 10.4. The first kappa shape index (κ1) is 10.4. The van der Waals surface area contributed by atoms with Crippen LogP contribution in [0.25, 0.3) is 0 Å². The predicted molar refractivity (Wildman–Crippen MR) is 57.8 cm³/mol. The van der Waals surface area contributed by atoms with Crippen molar-refractivity contribution in [3.05, 3.63) is 24.3 Å². The number of amides is 1. The Kier molecular flexibility index (Phi) is 3.79. The van der Waals surface area contributed by atoms with Gasteiger partial charge >= 0.3 is 0 Å². The Bertz CT molecular complexity index is 312. The zero-order valence-electron chi connectivity index (χ0n) is 7.99. The molecule has 0 heterocycles. The Morgan fingerprint density at radius 2 is 2.07 bits per heavy atom. The molecule has 0 saturated carbocycles. The van der Waals surface area contributed by atoms with Crippen LogP contribution in [0.15, 0.2) is 24.3 Å². The Labute approximate surface area is 83.3 Å². The molecule has 0 aliphatic carbocycles. The molecule has 0 saturated heterocycles. The zero-order valence-corrected chi connectivity index (χ0v) is 7.99. The van der Waals surface area contributed by atoms with E-state index >= 15 is 0 Å². The number of anilines is 2. The Morgan fingerprint density at radius 3 is 2.71 bits per heavy atom. The number of nitrogens with one attached hydrogen (secondary N) is 1. The minimum absolute atomic E-state index is 0.271. The van der Waals surface area contributed by atoms with Crippen LogP contribution in [-0.4, -0.2) is 12.5 Å². The minimum Gasteiger partial charge on any atom is -0.397 e. The summed E-state index contributed by atoms with van der Waals surface area (Å²) in [6.45, 7) is 0.706. The van der Waals surface area contributed by atoms with E-state index < -0.39 is 0 Å². The van der Waals surface area contributed by atoms with Crippen LogP contribution in [0, 0.1) is 0 Å². The summed E-state index contributed by atoms with van der Waals surface area (Å²) in [5.74, 6) is -0.271. The van der Waals surface area contributed by atoms with E-state index in [1.807, 2.05) is 24.3 Å². The van der Waals surface area contributed by atoms with E-state index in [1.54, 1.807) is 0 Å². The van der Waals surface area contributed by atoms with Gasteiger partial charge in [0.15, 0.2) is 0 Å². The normalized spacial score (nSPS) is 9.71. The minimum atomic E-state index is -0.271. The fourth-order valence-corrected chi connectivity index (χ4v) is 1.14. The molecule has 0 aliphatic rings. The summed E-state index contributed by atoms with van der Waals surface area (Å²) in [7, 11) is 0. The molecule has 4 heteroatoms. The van der Waals surface area contributed by atoms with Crippen molar-refractivity contribution >= 4 is 17.3 Å². The molecule has 0 bridgehead atoms. The molecule has 76 valence electrons. The van der Waals surface area contributed by atoms with Gasteiger partial charge < -0.3 is 16.8 Å². The number of benzene rings is 1. The fourth-order valence-electron chi connectivity index (χ4n) is 1.14. The standard InChI is InChI=1S/C10H15N3O/c11-8-4-1-2-5-9(8)13-7-3-6-10(12)14/h1-2,4-5,13H,3,6-7,11H2,(H2,12,14). The molecule has 4 nitrogen and oxygen atoms in total. The Balaban J connectivity index is 2.31. The number of carbonyl (C=O) groups excluding carboxylic acids is 1. The van der Waals surface area contributed by atoms with E-state index in [0.29, 0.717) is 18.7 Å². The molecule has 0 aliphatic heterocycles. The van der Waals surface area contributed by atoms with Crippen molar-refractivity contribution in [1.82, 2.24) is 0 Å². The number of nitrogen functional groups attached to an aromatic ring is 1. The molecular weight excluding hydrogens is 178 g/mol. The first-order valence-corrected chi connectivity index (χ1v) is 4.57. The molecule has 0 unspecified atom stereocenters. The summed E-state index contributed by atoms with van der Waals surface area (Å²) in [5.41, 5.74) is 12.3. The lowest BCUT2D eigenvalue weighted by Gasteiger charge is -2.07. The number of nitrogens with two attached hydrogens (primary N) is 2. The highest BCUT2D eigenvalue weighted by molar-refractivity contribution is 5.73. The lowest BCUT2D eigenvalue weighted by molar-refractivity contribution is -0.118. The first-order valence-electron chi connectivity index (χ1n) is 4.57. The van der Waals surface area contributed by atoms with Crippen molar-refractivity contribution in [1.29, 1.82) is 0 Å². The number of para-hydroxylation sites is 2. The molecule has 1 rings (SSSR count). The van der Waals surface area contributed by atoms with Crippen molar-refractivity contribution in [2.24, 2.45) is 5.73 Å². The summed E-state index contributed by atoms with van der Waals surface area (Å²) < 4.78 is 0. The van der Waals surface area contributed by atoms with Crippen LogP contribution in [0.5, 0.6) is 0 Å². The van der Waals surface area contributed by atoms with Crippen LogP contribution in [0.4, 0.5) is 11.4 Å². The highest BCUT2D eigenvalue weighted by Gasteiger charge is 1.97. The molecule has 0 aromatic heterocycles. The van der Waals surface area contributed by atoms with Crippen molar-refractivity contribution in [2.75, 3.05) is 17.6 Å². The second kappa shape index (κ2) is 5.11. The van der Waals surface area contributed by atoms with Crippen LogP contribution in [0.2, 0.25) is 0 Å². The van der Waals surface area contributed by atoms with Gasteiger partial charge in [-0.25, -0.2) is 0 Å². The Morgan fingerprint density at radius 1 is 1.36 bits per heavy atom. The van der Waals surface area contributed by atoms with Crippen molar-refractivity contribution < 1.29 is 4.79 Å². The SMILES string of the molecule is NC(=O)CCCNc1ccccc1N. The van der Waals surface area contributed by atoms with Crippen LogP contribution >= 0.6 is 0 Å². The molecular formula is C10H15N3O. The first-order chi connectivity index (χ1) is 6.70. The molecule has 0 spiro atoms. The van der Waals surface area contributed by atoms with E-state index in [1.165, 1.54) is 0 Å². The molecule has 1 amide bonds. The van der Waals surface area contributed by atoms with E-state index in [4.69, 9.17) is 11.5 Å². The topological polar surface area (TPSA) is 81.1 Å². The number of hydrogen-bond acceptors (Lipinski definition) is 3. The summed E-state index contributed by atoms with van der Waals surface area (Å²) in [6.07, 6.45) is 1.13. The van der Waals surface area contributed by atoms with Crippen LogP contribution in [-0.2, 0) is 4.79 Å². The van der Waals surface area contributed by atoms with Gasteiger partial charge in [0, 0.05) is 13.0 Å². The number of primary amides is 1. The quantitative estimate of drug-likeness (QED) is 0.481. The van der Waals surface area contributed by atoms with Gasteiger partial charge in [0.1, 0.15) is 0 Å². The number of hydrogen-bond donors (Lipinski definition) is 3. The van der Waals surface area contributed by atoms with E-state index in [-0.39, 0.29) is 5.91 Å².